The molecular formula is C21H25N3O3. The van der Waals surface area contributed by atoms with Crippen LogP contribution in [0.1, 0.15) is 24.2 Å². The van der Waals surface area contributed by atoms with E-state index in [2.05, 4.69) is 15.5 Å². The number of benzene rings is 2. The lowest BCUT2D eigenvalue weighted by Gasteiger charge is -2.37. The van der Waals surface area contributed by atoms with Gasteiger partial charge in [0.2, 0.25) is 5.91 Å². The van der Waals surface area contributed by atoms with E-state index in [0.29, 0.717) is 36.6 Å². The molecule has 2 amide bonds. The van der Waals surface area contributed by atoms with Crippen LogP contribution in [0, 0.1) is 0 Å². The van der Waals surface area contributed by atoms with Crippen LogP contribution >= 0.6 is 0 Å². The highest BCUT2D eigenvalue weighted by Crippen LogP contribution is 2.19. The van der Waals surface area contributed by atoms with Gasteiger partial charge in [0, 0.05) is 18.8 Å². The van der Waals surface area contributed by atoms with Gasteiger partial charge in [-0.1, -0.05) is 30.3 Å². The third-order valence-corrected chi connectivity index (χ3v) is 4.35. The van der Waals surface area contributed by atoms with E-state index >= 15 is 0 Å². The summed E-state index contributed by atoms with van der Waals surface area (Å²) in [6.07, 6.45) is 0. The van der Waals surface area contributed by atoms with E-state index in [0.717, 1.165) is 0 Å². The highest BCUT2D eigenvalue weighted by atomic mass is 16.5. The largest absolute Gasteiger partial charge is 0.373 e. The number of nitrogens with zero attached hydrogens (tertiary/aromatic N) is 1. The molecule has 2 aromatic carbocycles. The van der Waals surface area contributed by atoms with Crippen molar-refractivity contribution in [2.45, 2.75) is 19.4 Å². The number of rotatable bonds is 5. The highest BCUT2D eigenvalue weighted by molar-refractivity contribution is 6.10. The molecule has 6 nitrogen and oxygen atoms in total. The molecule has 0 spiro atoms. The molecule has 0 bridgehead atoms. The van der Waals surface area contributed by atoms with Gasteiger partial charge in [-0.3, -0.25) is 14.5 Å². The van der Waals surface area contributed by atoms with Crippen molar-refractivity contribution in [1.29, 1.82) is 0 Å². The number of amides is 2. The van der Waals surface area contributed by atoms with Crippen molar-refractivity contribution in [1.82, 2.24) is 4.90 Å². The summed E-state index contributed by atoms with van der Waals surface area (Å²) in [7, 11) is 0. The van der Waals surface area contributed by atoms with Crippen molar-refractivity contribution in [2.75, 3.05) is 36.9 Å². The number of hydrogen-bond donors (Lipinski definition) is 2. The van der Waals surface area contributed by atoms with Crippen LogP contribution in [-0.2, 0) is 9.53 Å². The quantitative estimate of drug-likeness (QED) is 0.852. The summed E-state index contributed by atoms with van der Waals surface area (Å²) in [4.78, 5) is 27.2. The Balaban J connectivity index is 1.65. The maximum absolute atomic E-state index is 12.6. The van der Waals surface area contributed by atoms with Crippen LogP contribution in [0.25, 0.3) is 0 Å². The van der Waals surface area contributed by atoms with Crippen LogP contribution in [0.15, 0.2) is 54.6 Å². The van der Waals surface area contributed by atoms with E-state index in [1.54, 1.807) is 24.3 Å². The lowest BCUT2D eigenvalue weighted by atomic mass is 10.1. The molecule has 1 fully saturated rings. The van der Waals surface area contributed by atoms with E-state index in [9.17, 15) is 9.59 Å². The fourth-order valence-corrected chi connectivity index (χ4v) is 3.15. The zero-order valence-corrected chi connectivity index (χ0v) is 15.7. The molecule has 27 heavy (non-hydrogen) atoms. The molecule has 0 radical (unpaired) electrons. The van der Waals surface area contributed by atoms with Crippen molar-refractivity contribution in [3.05, 3.63) is 60.2 Å². The van der Waals surface area contributed by atoms with Gasteiger partial charge < -0.3 is 15.4 Å². The minimum atomic E-state index is -0.260. The molecular weight excluding hydrogens is 342 g/mol. The van der Waals surface area contributed by atoms with Gasteiger partial charge in [-0.15, -0.1) is 0 Å². The predicted octanol–water partition coefficient (Wildman–Crippen LogP) is 2.99. The summed E-state index contributed by atoms with van der Waals surface area (Å²) in [6, 6.07) is 16.2. The molecule has 1 saturated heterocycles. The number of carbonyl (C=O) groups is 2. The molecule has 3 rings (SSSR count). The second-order valence-corrected chi connectivity index (χ2v) is 7.23. The molecule has 0 aliphatic carbocycles. The lowest BCUT2D eigenvalue weighted by molar-refractivity contribution is -0.122. The average molecular weight is 367 g/mol. The molecule has 6 heteroatoms. The summed E-state index contributed by atoms with van der Waals surface area (Å²) < 4.78 is 5.68. The van der Waals surface area contributed by atoms with Gasteiger partial charge in [0.1, 0.15) is 0 Å². The number of morpholine rings is 1. The van der Waals surface area contributed by atoms with Gasteiger partial charge in [-0.25, -0.2) is 0 Å². The minimum Gasteiger partial charge on any atom is -0.373 e. The number of hydrogen-bond acceptors (Lipinski definition) is 4. The normalized spacial score (nSPS) is 16.5. The summed E-state index contributed by atoms with van der Waals surface area (Å²) in [5.41, 5.74) is 1.38. The SMILES string of the molecule is CC1(C)CN(CC(=O)Nc2ccccc2C(=O)Nc2ccccc2)CCO1. The Morgan fingerprint density at radius 2 is 1.74 bits per heavy atom. The standard InChI is InChI=1S/C21H25N3O3/c1-21(2)15-24(12-13-27-21)14-19(25)23-18-11-7-6-10-17(18)20(26)22-16-8-4-3-5-9-16/h3-11H,12-15H2,1-2H3,(H,22,26)(H,23,25). The second-order valence-electron chi connectivity index (χ2n) is 7.23. The first kappa shape index (κ1) is 19.1. The Morgan fingerprint density at radius 3 is 2.48 bits per heavy atom. The minimum absolute atomic E-state index is 0.146. The van der Waals surface area contributed by atoms with Crippen molar-refractivity contribution >= 4 is 23.2 Å². The summed E-state index contributed by atoms with van der Waals surface area (Å²) in [5, 5.41) is 5.72. The van der Waals surface area contributed by atoms with Crippen LogP contribution in [0.3, 0.4) is 0 Å². The molecule has 1 heterocycles. The van der Waals surface area contributed by atoms with Gasteiger partial charge in [0.05, 0.1) is 30.0 Å². The van der Waals surface area contributed by atoms with Gasteiger partial charge in [0.25, 0.3) is 5.91 Å². The van der Waals surface area contributed by atoms with Gasteiger partial charge >= 0.3 is 0 Å². The van der Waals surface area contributed by atoms with Crippen molar-refractivity contribution in [3.8, 4) is 0 Å². The number of carbonyl (C=O) groups excluding carboxylic acids is 2. The monoisotopic (exact) mass is 367 g/mol. The van der Waals surface area contributed by atoms with E-state index in [-0.39, 0.29) is 24.0 Å². The Morgan fingerprint density at radius 1 is 1.04 bits per heavy atom. The third kappa shape index (κ3) is 5.39. The van der Waals surface area contributed by atoms with Crippen LogP contribution < -0.4 is 10.6 Å². The summed E-state index contributed by atoms with van der Waals surface area (Å²) in [6.45, 7) is 6.31. The molecule has 1 aliphatic heterocycles. The fourth-order valence-electron chi connectivity index (χ4n) is 3.15. The number of para-hydroxylation sites is 2. The van der Waals surface area contributed by atoms with Crippen LogP contribution in [0.2, 0.25) is 0 Å². The van der Waals surface area contributed by atoms with Crippen molar-refractivity contribution < 1.29 is 14.3 Å². The maximum atomic E-state index is 12.6. The molecule has 1 aliphatic rings. The van der Waals surface area contributed by atoms with E-state index < -0.39 is 0 Å². The highest BCUT2D eigenvalue weighted by Gasteiger charge is 2.28. The van der Waals surface area contributed by atoms with E-state index in [1.165, 1.54) is 0 Å². The lowest BCUT2D eigenvalue weighted by Crippen LogP contribution is -2.50. The van der Waals surface area contributed by atoms with Gasteiger partial charge in [-0.2, -0.15) is 0 Å². The summed E-state index contributed by atoms with van der Waals surface area (Å²) >= 11 is 0. The van der Waals surface area contributed by atoms with E-state index in [1.807, 2.05) is 44.2 Å². The average Bonchev–Trinajstić information content (AvgIpc) is 2.62. The predicted molar refractivity (Wildman–Crippen MR) is 106 cm³/mol. The molecule has 2 aromatic rings. The topological polar surface area (TPSA) is 70.7 Å². The number of nitrogens with one attached hydrogen (secondary N) is 2. The number of anilines is 2. The van der Waals surface area contributed by atoms with E-state index in [4.69, 9.17) is 4.74 Å². The summed E-state index contributed by atoms with van der Waals surface area (Å²) in [5.74, 6) is -0.405. The van der Waals surface area contributed by atoms with Gasteiger partial charge in [-0.05, 0) is 38.1 Å². The first-order valence-corrected chi connectivity index (χ1v) is 9.04. The Kier molecular flexibility index (Phi) is 5.88. The third-order valence-electron chi connectivity index (χ3n) is 4.35. The Hall–Kier alpha value is -2.70. The van der Waals surface area contributed by atoms with Crippen LogP contribution in [0.4, 0.5) is 11.4 Å². The smallest absolute Gasteiger partial charge is 0.257 e. The van der Waals surface area contributed by atoms with Crippen LogP contribution in [-0.4, -0.2) is 48.6 Å². The van der Waals surface area contributed by atoms with Gasteiger partial charge in [0.15, 0.2) is 0 Å². The van der Waals surface area contributed by atoms with Crippen LogP contribution in [0.5, 0.6) is 0 Å². The second kappa shape index (κ2) is 8.33. The number of ether oxygens (including phenoxy) is 1. The fraction of sp³-hybridized carbons (Fsp3) is 0.333. The van der Waals surface area contributed by atoms with Crippen molar-refractivity contribution in [3.63, 3.8) is 0 Å². The molecule has 0 aromatic heterocycles. The first-order chi connectivity index (χ1) is 12.9. The first-order valence-electron chi connectivity index (χ1n) is 9.04. The molecule has 0 saturated carbocycles. The van der Waals surface area contributed by atoms with Crippen molar-refractivity contribution in [2.24, 2.45) is 0 Å². The Bertz CT molecular complexity index is 805. The molecule has 0 atom stereocenters. The Labute approximate surface area is 159 Å². The molecule has 2 N–H and O–H groups in total. The zero-order valence-electron chi connectivity index (χ0n) is 15.7. The maximum Gasteiger partial charge on any atom is 0.257 e. The molecule has 142 valence electrons. The zero-order chi connectivity index (χ0) is 19.3. The molecule has 0 unspecified atom stereocenters.